The van der Waals surface area contributed by atoms with Gasteiger partial charge >= 0.3 is 6.03 Å². The van der Waals surface area contributed by atoms with Crippen LogP contribution in [0, 0.1) is 13.8 Å². The number of aliphatic hydroxyl groups is 1. The summed E-state index contributed by atoms with van der Waals surface area (Å²) in [5.41, 5.74) is 2.39. The molecule has 1 aromatic rings. The summed E-state index contributed by atoms with van der Waals surface area (Å²) in [4.78, 5) is 11.8. The number of anilines is 1. The van der Waals surface area contributed by atoms with Gasteiger partial charge in [0.25, 0.3) is 0 Å². The van der Waals surface area contributed by atoms with Crippen molar-refractivity contribution in [1.82, 2.24) is 5.32 Å². The molecule has 2 amide bonds. The lowest BCUT2D eigenvalue weighted by atomic mass is 10.0. The zero-order valence-electron chi connectivity index (χ0n) is 11.5. The summed E-state index contributed by atoms with van der Waals surface area (Å²) in [6.07, 6.45) is 0.670. The van der Waals surface area contributed by atoms with Gasteiger partial charge in [-0.15, -0.1) is 0 Å². The number of rotatable bonds is 4. The zero-order valence-corrected chi connectivity index (χ0v) is 11.5. The highest BCUT2D eigenvalue weighted by Crippen LogP contribution is 2.14. The molecule has 0 fully saturated rings. The van der Waals surface area contributed by atoms with Gasteiger partial charge in [0.05, 0.1) is 12.1 Å². The third kappa shape index (κ3) is 4.04. The SMILES string of the molecule is CCC(C)(CO)NC(=O)Nc1cc(C)cc(C)c1. The Kier molecular flexibility index (Phi) is 4.73. The molecule has 0 radical (unpaired) electrons. The van der Waals surface area contributed by atoms with Crippen LogP contribution >= 0.6 is 0 Å². The molecule has 1 unspecified atom stereocenters. The highest BCUT2D eigenvalue weighted by atomic mass is 16.3. The number of urea groups is 1. The average Bonchev–Trinajstić information content (AvgIpc) is 2.27. The number of aryl methyl sites for hydroxylation is 2. The molecule has 0 aliphatic carbocycles. The average molecular weight is 250 g/mol. The van der Waals surface area contributed by atoms with E-state index in [1.54, 1.807) is 0 Å². The number of nitrogens with one attached hydrogen (secondary N) is 2. The largest absolute Gasteiger partial charge is 0.394 e. The van der Waals surface area contributed by atoms with Gasteiger partial charge in [0.1, 0.15) is 0 Å². The predicted octanol–water partition coefficient (Wildman–Crippen LogP) is 2.59. The predicted molar refractivity (Wildman–Crippen MR) is 73.9 cm³/mol. The summed E-state index contributed by atoms with van der Waals surface area (Å²) in [5.74, 6) is 0. The first-order chi connectivity index (χ1) is 8.38. The van der Waals surface area contributed by atoms with Crippen molar-refractivity contribution < 1.29 is 9.90 Å². The van der Waals surface area contributed by atoms with Gasteiger partial charge < -0.3 is 15.7 Å². The van der Waals surface area contributed by atoms with Gasteiger partial charge in [-0.05, 0) is 50.5 Å². The second-order valence-corrected chi connectivity index (χ2v) is 5.03. The van der Waals surface area contributed by atoms with Crippen LogP contribution in [0.15, 0.2) is 18.2 Å². The standard InChI is InChI=1S/C14H22N2O2/c1-5-14(4,9-17)16-13(18)15-12-7-10(2)6-11(3)8-12/h6-8,17H,5,9H2,1-4H3,(H2,15,16,18). The van der Waals surface area contributed by atoms with Crippen LogP contribution in [0.25, 0.3) is 0 Å². The molecule has 0 aliphatic rings. The van der Waals surface area contributed by atoms with Crippen LogP contribution in [-0.4, -0.2) is 23.3 Å². The lowest BCUT2D eigenvalue weighted by molar-refractivity contribution is 0.172. The number of carbonyl (C=O) groups excluding carboxylic acids is 1. The van der Waals surface area contributed by atoms with Crippen molar-refractivity contribution in [3.8, 4) is 0 Å². The maximum absolute atomic E-state index is 11.8. The van der Waals surface area contributed by atoms with Crippen molar-refractivity contribution in [2.75, 3.05) is 11.9 Å². The zero-order chi connectivity index (χ0) is 13.8. The normalized spacial score (nSPS) is 13.8. The van der Waals surface area contributed by atoms with E-state index in [9.17, 15) is 9.90 Å². The fraction of sp³-hybridized carbons (Fsp3) is 0.500. The van der Waals surface area contributed by atoms with Crippen LogP contribution < -0.4 is 10.6 Å². The number of hydrogen-bond donors (Lipinski definition) is 3. The number of hydrogen-bond acceptors (Lipinski definition) is 2. The molecule has 1 atom stereocenters. The Morgan fingerprint density at radius 2 is 1.83 bits per heavy atom. The molecular weight excluding hydrogens is 228 g/mol. The van der Waals surface area contributed by atoms with E-state index in [2.05, 4.69) is 10.6 Å². The van der Waals surface area contributed by atoms with E-state index < -0.39 is 5.54 Å². The number of benzene rings is 1. The molecule has 0 spiro atoms. The molecule has 100 valence electrons. The third-order valence-corrected chi connectivity index (χ3v) is 3.02. The quantitative estimate of drug-likeness (QED) is 0.769. The summed E-state index contributed by atoms with van der Waals surface area (Å²) in [7, 11) is 0. The van der Waals surface area contributed by atoms with E-state index in [1.807, 2.05) is 45.9 Å². The molecule has 0 bridgehead atoms. The monoisotopic (exact) mass is 250 g/mol. The first kappa shape index (κ1) is 14.5. The Balaban J connectivity index is 2.70. The Morgan fingerprint density at radius 3 is 2.28 bits per heavy atom. The molecule has 4 heteroatoms. The minimum atomic E-state index is -0.580. The molecule has 3 N–H and O–H groups in total. The van der Waals surface area contributed by atoms with Gasteiger partial charge in [0.2, 0.25) is 0 Å². The maximum Gasteiger partial charge on any atom is 0.319 e. The molecular formula is C14H22N2O2. The van der Waals surface area contributed by atoms with E-state index in [0.717, 1.165) is 16.8 Å². The second-order valence-electron chi connectivity index (χ2n) is 5.03. The summed E-state index contributed by atoms with van der Waals surface area (Å²) >= 11 is 0. The van der Waals surface area contributed by atoms with E-state index >= 15 is 0 Å². The van der Waals surface area contributed by atoms with Crippen LogP contribution in [0.4, 0.5) is 10.5 Å². The summed E-state index contributed by atoms with van der Waals surface area (Å²) in [5, 5.41) is 14.8. The topological polar surface area (TPSA) is 61.4 Å². The van der Waals surface area contributed by atoms with E-state index in [1.165, 1.54) is 0 Å². The first-order valence-electron chi connectivity index (χ1n) is 6.17. The molecule has 0 heterocycles. The van der Waals surface area contributed by atoms with Crippen molar-refractivity contribution in [3.63, 3.8) is 0 Å². The van der Waals surface area contributed by atoms with Crippen LogP contribution in [0.3, 0.4) is 0 Å². The van der Waals surface area contributed by atoms with Crippen LogP contribution in [0.1, 0.15) is 31.4 Å². The Morgan fingerprint density at radius 1 is 1.28 bits per heavy atom. The fourth-order valence-electron chi connectivity index (χ4n) is 1.72. The van der Waals surface area contributed by atoms with Crippen molar-refractivity contribution in [1.29, 1.82) is 0 Å². The van der Waals surface area contributed by atoms with Crippen LogP contribution in [0.2, 0.25) is 0 Å². The smallest absolute Gasteiger partial charge is 0.319 e. The van der Waals surface area contributed by atoms with Crippen molar-refractivity contribution in [2.24, 2.45) is 0 Å². The van der Waals surface area contributed by atoms with Crippen molar-refractivity contribution in [3.05, 3.63) is 29.3 Å². The van der Waals surface area contributed by atoms with Gasteiger partial charge in [-0.2, -0.15) is 0 Å². The van der Waals surface area contributed by atoms with E-state index in [4.69, 9.17) is 0 Å². The second kappa shape index (κ2) is 5.87. The van der Waals surface area contributed by atoms with Crippen molar-refractivity contribution >= 4 is 11.7 Å². The van der Waals surface area contributed by atoms with Crippen molar-refractivity contribution in [2.45, 2.75) is 39.7 Å². The lowest BCUT2D eigenvalue weighted by Crippen LogP contribution is -2.50. The molecule has 0 aromatic heterocycles. The van der Waals surface area contributed by atoms with Gasteiger partial charge in [-0.1, -0.05) is 13.0 Å². The van der Waals surface area contributed by atoms with Gasteiger partial charge in [-0.3, -0.25) is 0 Å². The van der Waals surface area contributed by atoms with Crippen LogP contribution in [0.5, 0.6) is 0 Å². The molecule has 0 saturated heterocycles. The van der Waals surface area contributed by atoms with E-state index in [-0.39, 0.29) is 12.6 Å². The third-order valence-electron chi connectivity index (χ3n) is 3.02. The Labute approximate surface area is 108 Å². The number of carbonyl (C=O) groups is 1. The highest BCUT2D eigenvalue weighted by molar-refractivity contribution is 5.89. The Hall–Kier alpha value is -1.55. The van der Waals surface area contributed by atoms with E-state index in [0.29, 0.717) is 6.42 Å². The minimum absolute atomic E-state index is 0.0796. The van der Waals surface area contributed by atoms with Gasteiger partial charge in [0.15, 0.2) is 0 Å². The maximum atomic E-state index is 11.8. The number of aliphatic hydroxyl groups excluding tert-OH is 1. The Bertz CT molecular complexity index is 406. The summed E-state index contributed by atoms with van der Waals surface area (Å²) in [6.45, 7) is 7.63. The highest BCUT2D eigenvalue weighted by Gasteiger charge is 2.23. The molecule has 1 rings (SSSR count). The first-order valence-corrected chi connectivity index (χ1v) is 6.17. The van der Waals surface area contributed by atoms with Gasteiger partial charge in [0, 0.05) is 5.69 Å². The summed E-state index contributed by atoms with van der Waals surface area (Å²) < 4.78 is 0. The van der Waals surface area contributed by atoms with Crippen LogP contribution in [-0.2, 0) is 0 Å². The molecule has 18 heavy (non-hydrogen) atoms. The molecule has 0 aliphatic heterocycles. The molecule has 1 aromatic carbocycles. The fourth-order valence-corrected chi connectivity index (χ4v) is 1.72. The lowest BCUT2D eigenvalue weighted by Gasteiger charge is -2.27. The summed E-state index contributed by atoms with van der Waals surface area (Å²) in [6, 6.07) is 5.58. The minimum Gasteiger partial charge on any atom is -0.394 e. The van der Waals surface area contributed by atoms with Gasteiger partial charge in [-0.25, -0.2) is 4.79 Å². The number of amides is 2. The molecule has 4 nitrogen and oxygen atoms in total. The molecule has 0 saturated carbocycles.